The molecule has 0 heterocycles. The molecular formula is C15H23BrN2O2. The molecule has 0 aliphatic carbocycles. The summed E-state index contributed by atoms with van der Waals surface area (Å²) in [5.74, 6) is 0.658. The van der Waals surface area contributed by atoms with Crippen molar-refractivity contribution in [2.45, 2.75) is 39.8 Å². The van der Waals surface area contributed by atoms with Gasteiger partial charge in [0.25, 0.3) is 5.91 Å². The van der Waals surface area contributed by atoms with Gasteiger partial charge in [-0.25, -0.2) is 0 Å². The summed E-state index contributed by atoms with van der Waals surface area (Å²) in [4.78, 5) is 11.6. The number of ether oxygens (including phenoxy) is 1. The second-order valence-electron chi connectivity index (χ2n) is 4.93. The van der Waals surface area contributed by atoms with E-state index in [4.69, 9.17) is 4.74 Å². The first-order chi connectivity index (χ1) is 9.52. The lowest BCUT2D eigenvalue weighted by Crippen LogP contribution is -2.29. The molecule has 0 aromatic heterocycles. The van der Waals surface area contributed by atoms with Crippen LogP contribution in [0.5, 0.6) is 5.75 Å². The van der Waals surface area contributed by atoms with Gasteiger partial charge in [-0.1, -0.05) is 36.7 Å². The van der Waals surface area contributed by atoms with Gasteiger partial charge < -0.3 is 15.4 Å². The smallest absolute Gasteiger partial charge is 0.257 e. The minimum absolute atomic E-state index is 0.0519. The van der Waals surface area contributed by atoms with E-state index in [9.17, 15) is 4.79 Å². The summed E-state index contributed by atoms with van der Waals surface area (Å²) in [5.41, 5.74) is 1.04. The predicted octanol–water partition coefficient (Wildman–Crippen LogP) is 2.85. The number of nitrogens with one attached hydrogen (secondary N) is 2. The fraction of sp³-hybridized carbons (Fsp3) is 0.533. The highest BCUT2D eigenvalue weighted by molar-refractivity contribution is 9.10. The zero-order chi connectivity index (χ0) is 15.0. The lowest BCUT2D eigenvalue weighted by atomic mass is 10.2. The van der Waals surface area contributed by atoms with Crippen molar-refractivity contribution in [3.05, 3.63) is 28.2 Å². The molecule has 0 bridgehead atoms. The molecule has 0 fully saturated rings. The van der Waals surface area contributed by atoms with Gasteiger partial charge >= 0.3 is 0 Å². The van der Waals surface area contributed by atoms with E-state index in [0.717, 1.165) is 22.2 Å². The van der Waals surface area contributed by atoms with Crippen LogP contribution in [0.3, 0.4) is 0 Å². The van der Waals surface area contributed by atoms with E-state index in [1.54, 1.807) is 0 Å². The average molecular weight is 343 g/mol. The van der Waals surface area contributed by atoms with Gasteiger partial charge in [0.15, 0.2) is 6.61 Å². The van der Waals surface area contributed by atoms with Crippen LogP contribution < -0.4 is 15.4 Å². The van der Waals surface area contributed by atoms with Crippen LogP contribution in [0.2, 0.25) is 0 Å². The quantitative estimate of drug-likeness (QED) is 0.763. The first-order valence-electron chi connectivity index (χ1n) is 6.94. The third kappa shape index (κ3) is 6.39. The standard InChI is InChI=1S/C15H23BrN2O2/c1-4-7-17-15(19)10-20-14-6-5-13(16)8-12(14)9-18-11(2)3/h5-6,8,11,18H,4,7,9-10H2,1-3H3,(H,17,19). The molecule has 0 spiro atoms. The van der Waals surface area contributed by atoms with Crippen LogP contribution >= 0.6 is 15.9 Å². The zero-order valence-corrected chi connectivity index (χ0v) is 13.9. The summed E-state index contributed by atoms with van der Waals surface area (Å²) >= 11 is 3.45. The number of rotatable bonds is 8. The molecule has 1 aromatic carbocycles. The van der Waals surface area contributed by atoms with E-state index >= 15 is 0 Å². The first-order valence-corrected chi connectivity index (χ1v) is 7.73. The molecule has 1 rings (SSSR count). The maximum absolute atomic E-state index is 11.6. The van der Waals surface area contributed by atoms with Gasteiger partial charge in [0.2, 0.25) is 0 Å². The van der Waals surface area contributed by atoms with Crippen molar-refractivity contribution in [3.63, 3.8) is 0 Å². The molecule has 20 heavy (non-hydrogen) atoms. The average Bonchev–Trinajstić information content (AvgIpc) is 2.41. The molecule has 2 N–H and O–H groups in total. The Morgan fingerprint density at radius 3 is 2.80 bits per heavy atom. The Hall–Kier alpha value is -1.07. The third-order valence-corrected chi connectivity index (χ3v) is 3.15. The molecule has 112 valence electrons. The minimum atomic E-state index is -0.0856. The molecule has 1 amide bonds. The molecule has 0 saturated heterocycles. The van der Waals surface area contributed by atoms with Crippen molar-refractivity contribution >= 4 is 21.8 Å². The lowest BCUT2D eigenvalue weighted by molar-refractivity contribution is -0.123. The molecule has 0 radical (unpaired) electrons. The summed E-state index contributed by atoms with van der Waals surface area (Å²) < 4.78 is 6.61. The molecule has 1 aromatic rings. The summed E-state index contributed by atoms with van der Waals surface area (Å²) in [6.45, 7) is 7.66. The Morgan fingerprint density at radius 2 is 2.15 bits per heavy atom. The molecule has 0 atom stereocenters. The SMILES string of the molecule is CCCNC(=O)COc1ccc(Br)cc1CNC(C)C. The second-order valence-corrected chi connectivity index (χ2v) is 5.84. The maximum atomic E-state index is 11.6. The topological polar surface area (TPSA) is 50.4 Å². The number of benzene rings is 1. The van der Waals surface area contributed by atoms with Gasteiger partial charge in [0.1, 0.15) is 5.75 Å². The van der Waals surface area contributed by atoms with Crippen molar-refractivity contribution in [2.75, 3.05) is 13.2 Å². The van der Waals surface area contributed by atoms with Gasteiger partial charge in [0, 0.05) is 29.2 Å². The van der Waals surface area contributed by atoms with Crippen LogP contribution in [0.1, 0.15) is 32.8 Å². The van der Waals surface area contributed by atoms with Crippen molar-refractivity contribution in [1.82, 2.24) is 10.6 Å². The summed E-state index contributed by atoms with van der Waals surface area (Å²) in [7, 11) is 0. The Morgan fingerprint density at radius 1 is 1.40 bits per heavy atom. The number of hydrogen-bond acceptors (Lipinski definition) is 3. The van der Waals surface area contributed by atoms with Crippen molar-refractivity contribution in [3.8, 4) is 5.75 Å². The van der Waals surface area contributed by atoms with Gasteiger partial charge in [-0.3, -0.25) is 4.79 Å². The lowest BCUT2D eigenvalue weighted by Gasteiger charge is -2.14. The van der Waals surface area contributed by atoms with E-state index in [0.29, 0.717) is 19.1 Å². The third-order valence-electron chi connectivity index (χ3n) is 2.65. The predicted molar refractivity (Wildman–Crippen MR) is 84.9 cm³/mol. The monoisotopic (exact) mass is 342 g/mol. The van der Waals surface area contributed by atoms with Crippen LogP contribution in [0.25, 0.3) is 0 Å². The highest BCUT2D eigenvalue weighted by Crippen LogP contribution is 2.23. The van der Waals surface area contributed by atoms with Crippen LogP contribution in [0, 0.1) is 0 Å². The van der Waals surface area contributed by atoms with Gasteiger partial charge in [-0.2, -0.15) is 0 Å². The largest absolute Gasteiger partial charge is 0.483 e. The molecule has 4 nitrogen and oxygen atoms in total. The molecule has 0 aliphatic heterocycles. The van der Waals surface area contributed by atoms with Crippen LogP contribution in [0.4, 0.5) is 0 Å². The van der Waals surface area contributed by atoms with Crippen molar-refractivity contribution in [1.29, 1.82) is 0 Å². The molecule has 0 saturated carbocycles. The van der Waals surface area contributed by atoms with Gasteiger partial charge in [0.05, 0.1) is 0 Å². The van der Waals surface area contributed by atoms with E-state index in [1.807, 2.05) is 25.1 Å². The van der Waals surface area contributed by atoms with E-state index in [1.165, 1.54) is 0 Å². The van der Waals surface area contributed by atoms with Crippen LogP contribution in [-0.2, 0) is 11.3 Å². The molecule has 0 unspecified atom stereocenters. The van der Waals surface area contributed by atoms with Crippen molar-refractivity contribution in [2.24, 2.45) is 0 Å². The maximum Gasteiger partial charge on any atom is 0.257 e. The number of amides is 1. The van der Waals surface area contributed by atoms with E-state index < -0.39 is 0 Å². The van der Waals surface area contributed by atoms with Gasteiger partial charge in [-0.05, 0) is 24.6 Å². The number of carbonyl (C=O) groups excluding carboxylic acids is 1. The Labute approximate surface area is 129 Å². The van der Waals surface area contributed by atoms with Crippen LogP contribution in [0.15, 0.2) is 22.7 Å². The number of carbonyl (C=O) groups is 1. The Bertz CT molecular complexity index is 436. The normalized spacial score (nSPS) is 10.7. The van der Waals surface area contributed by atoms with E-state index in [-0.39, 0.29) is 12.5 Å². The first kappa shape index (κ1) is 17.0. The fourth-order valence-corrected chi connectivity index (χ4v) is 2.01. The summed E-state index contributed by atoms with van der Waals surface area (Å²) in [6.07, 6.45) is 0.924. The van der Waals surface area contributed by atoms with Crippen LogP contribution in [-0.4, -0.2) is 25.1 Å². The Kier molecular flexibility index (Phi) is 7.62. The highest BCUT2D eigenvalue weighted by atomic mass is 79.9. The minimum Gasteiger partial charge on any atom is -0.483 e. The fourth-order valence-electron chi connectivity index (χ4n) is 1.60. The zero-order valence-electron chi connectivity index (χ0n) is 12.3. The summed E-state index contributed by atoms with van der Waals surface area (Å²) in [5, 5.41) is 6.14. The van der Waals surface area contributed by atoms with E-state index in [2.05, 4.69) is 40.4 Å². The number of halogens is 1. The summed E-state index contributed by atoms with van der Waals surface area (Å²) in [6, 6.07) is 6.20. The molecule has 5 heteroatoms. The molecular weight excluding hydrogens is 320 g/mol. The highest BCUT2D eigenvalue weighted by Gasteiger charge is 2.08. The molecule has 0 aliphatic rings. The second kappa shape index (κ2) is 8.97. The van der Waals surface area contributed by atoms with Crippen molar-refractivity contribution < 1.29 is 9.53 Å². The van der Waals surface area contributed by atoms with Gasteiger partial charge in [-0.15, -0.1) is 0 Å². The Balaban J connectivity index is 2.61. The number of hydrogen-bond donors (Lipinski definition) is 2.